The Bertz CT molecular complexity index is 755. The zero-order valence-electron chi connectivity index (χ0n) is 12.3. The summed E-state index contributed by atoms with van der Waals surface area (Å²) in [5.41, 5.74) is 7.33. The Morgan fingerprint density at radius 2 is 2.22 bits per heavy atom. The van der Waals surface area contributed by atoms with Crippen LogP contribution in [0.1, 0.15) is 23.5 Å². The number of aromatic nitrogens is 4. The summed E-state index contributed by atoms with van der Waals surface area (Å²) in [4.78, 5) is 9.82. The van der Waals surface area contributed by atoms with E-state index in [0.29, 0.717) is 5.82 Å². The van der Waals surface area contributed by atoms with Crippen molar-refractivity contribution in [2.75, 3.05) is 6.54 Å². The highest BCUT2D eigenvalue weighted by atomic mass is 32.1. The van der Waals surface area contributed by atoms with Crippen LogP contribution in [0.5, 0.6) is 0 Å². The summed E-state index contributed by atoms with van der Waals surface area (Å²) >= 11 is 1.61. The number of pyridine rings is 1. The molecule has 118 valence electrons. The van der Waals surface area contributed by atoms with Crippen LogP contribution in [-0.2, 0) is 0 Å². The van der Waals surface area contributed by atoms with E-state index in [1.807, 2.05) is 29.8 Å². The van der Waals surface area contributed by atoms with Gasteiger partial charge in [-0.3, -0.25) is 20.7 Å². The quantitative estimate of drug-likeness (QED) is 0.576. The van der Waals surface area contributed by atoms with Crippen molar-refractivity contribution in [3.05, 3.63) is 53.4 Å². The van der Waals surface area contributed by atoms with Gasteiger partial charge in [-0.25, -0.2) is 4.98 Å². The second-order valence-corrected chi connectivity index (χ2v) is 6.39. The Kier molecular flexibility index (Phi) is 3.88. The zero-order chi connectivity index (χ0) is 15.6. The molecule has 1 aliphatic heterocycles. The molecule has 0 aromatic carbocycles. The Balaban J connectivity index is 1.57. The van der Waals surface area contributed by atoms with Crippen LogP contribution in [0.15, 0.2) is 42.0 Å². The van der Waals surface area contributed by atoms with Gasteiger partial charge < -0.3 is 5.73 Å². The van der Waals surface area contributed by atoms with Crippen LogP contribution in [0, 0.1) is 0 Å². The SMILES string of the molecule is NC1NCC(c2cccnc2)NC1c1nc(-c2cccs2)n[nH]1. The Morgan fingerprint density at radius 1 is 1.26 bits per heavy atom. The summed E-state index contributed by atoms with van der Waals surface area (Å²) in [6.45, 7) is 0.745. The number of rotatable bonds is 3. The van der Waals surface area contributed by atoms with Gasteiger partial charge in [0.25, 0.3) is 0 Å². The van der Waals surface area contributed by atoms with Crippen LogP contribution in [0.4, 0.5) is 0 Å². The maximum absolute atomic E-state index is 6.20. The summed E-state index contributed by atoms with van der Waals surface area (Å²) in [5, 5.41) is 16.2. The molecular weight excluding hydrogens is 310 g/mol. The minimum Gasteiger partial charge on any atom is -0.314 e. The van der Waals surface area contributed by atoms with E-state index in [9.17, 15) is 0 Å². The largest absolute Gasteiger partial charge is 0.314 e. The molecule has 0 bridgehead atoms. The van der Waals surface area contributed by atoms with Crippen LogP contribution >= 0.6 is 11.3 Å². The van der Waals surface area contributed by atoms with Crippen molar-refractivity contribution in [1.29, 1.82) is 0 Å². The summed E-state index contributed by atoms with van der Waals surface area (Å²) < 4.78 is 0. The summed E-state index contributed by atoms with van der Waals surface area (Å²) in [5.74, 6) is 1.44. The van der Waals surface area contributed by atoms with Crippen molar-refractivity contribution in [2.24, 2.45) is 5.73 Å². The first kappa shape index (κ1) is 14.5. The Morgan fingerprint density at radius 3 is 3.00 bits per heavy atom. The van der Waals surface area contributed by atoms with Gasteiger partial charge in [0, 0.05) is 25.0 Å². The van der Waals surface area contributed by atoms with Crippen LogP contribution in [0.2, 0.25) is 0 Å². The fourth-order valence-electron chi connectivity index (χ4n) is 2.73. The van der Waals surface area contributed by atoms with Crippen molar-refractivity contribution in [1.82, 2.24) is 30.8 Å². The average Bonchev–Trinajstić information content (AvgIpc) is 3.27. The predicted molar refractivity (Wildman–Crippen MR) is 88.5 cm³/mol. The van der Waals surface area contributed by atoms with Gasteiger partial charge in [-0.15, -0.1) is 11.3 Å². The third-order valence-electron chi connectivity index (χ3n) is 3.92. The molecule has 4 heterocycles. The van der Waals surface area contributed by atoms with Gasteiger partial charge in [0.1, 0.15) is 5.82 Å². The molecule has 3 aromatic rings. The maximum atomic E-state index is 6.20. The molecule has 4 rings (SSSR count). The molecule has 0 amide bonds. The molecule has 3 aromatic heterocycles. The molecule has 1 fully saturated rings. The Labute approximate surface area is 137 Å². The lowest BCUT2D eigenvalue weighted by atomic mass is 10.0. The molecule has 5 N–H and O–H groups in total. The van der Waals surface area contributed by atoms with E-state index in [4.69, 9.17) is 5.73 Å². The fraction of sp³-hybridized carbons (Fsp3) is 0.267. The van der Waals surface area contributed by atoms with Crippen LogP contribution in [0.3, 0.4) is 0 Å². The number of nitrogens with zero attached hydrogens (tertiary/aromatic N) is 3. The van der Waals surface area contributed by atoms with Crippen molar-refractivity contribution in [3.63, 3.8) is 0 Å². The number of hydrogen-bond donors (Lipinski definition) is 4. The highest BCUT2D eigenvalue weighted by Crippen LogP contribution is 2.25. The van der Waals surface area contributed by atoms with Gasteiger partial charge in [0.05, 0.1) is 17.1 Å². The van der Waals surface area contributed by atoms with Gasteiger partial charge in [-0.1, -0.05) is 12.1 Å². The molecular formula is C15H17N7S. The van der Waals surface area contributed by atoms with Crippen molar-refractivity contribution < 1.29 is 0 Å². The topological polar surface area (TPSA) is 105 Å². The van der Waals surface area contributed by atoms with Crippen LogP contribution in [0.25, 0.3) is 10.7 Å². The summed E-state index contributed by atoms with van der Waals surface area (Å²) in [7, 11) is 0. The van der Waals surface area contributed by atoms with Gasteiger partial charge in [0.2, 0.25) is 0 Å². The molecule has 8 heteroatoms. The molecule has 1 saturated heterocycles. The van der Waals surface area contributed by atoms with Gasteiger partial charge in [0.15, 0.2) is 5.82 Å². The van der Waals surface area contributed by atoms with Crippen molar-refractivity contribution in [3.8, 4) is 10.7 Å². The molecule has 3 unspecified atom stereocenters. The molecule has 0 saturated carbocycles. The van der Waals surface area contributed by atoms with Crippen molar-refractivity contribution in [2.45, 2.75) is 18.2 Å². The number of nitrogens with one attached hydrogen (secondary N) is 3. The van der Waals surface area contributed by atoms with Crippen LogP contribution < -0.4 is 16.4 Å². The molecule has 0 aliphatic carbocycles. The van der Waals surface area contributed by atoms with E-state index in [0.717, 1.165) is 22.8 Å². The van der Waals surface area contributed by atoms with Gasteiger partial charge in [-0.05, 0) is 23.1 Å². The first-order chi connectivity index (χ1) is 11.3. The monoisotopic (exact) mass is 327 g/mol. The molecule has 3 atom stereocenters. The number of aromatic amines is 1. The second-order valence-electron chi connectivity index (χ2n) is 5.44. The lowest BCUT2D eigenvalue weighted by Gasteiger charge is -2.35. The standard InChI is InChI=1S/C15H17N7S/c16-13-12(15-20-14(21-22-15)11-4-2-6-23-11)19-10(8-18-13)9-3-1-5-17-7-9/h1-7,10,12-13,18-19H,8,16H2,(H,20,21,22). The smallest absolute Gasteiger partial charge is 0.191 e. The number of H-pyrrole nitrogens is 1. The van der Waals surface area contributed by atoms with Gasteiger partial charge in [-0.2, -0.15) is 5.10 Å². The second kappa shape index (κ2) is 6.17. The molecule has 1 aliphatic rings. The minimum atomic E-state index is -0.230. The minimum absolute atomic E-state index is 0.129. The van der Waals surface area contributed by atoms with Gasteiger partial charge >= 0.3 is 0 Å². The fourth-order valence-corrected chi connectivity index (χ4v) is 3.38. The number of nitrogens with two attached hydrogens (primary N) is 1. The first-order valence-electron chi connectivity index (χ1n) is 7.42. The normalized spacial score (nSPS) is 24.7. The highest BCUT2D eigenvalue weighted by Gasteiger charge is 2.31. The molecule has 0 spiro atoms. The van der Waals surface area contributed by atoms with E-state index in [-0.39, 0.29) is 18.2 Å². The molecule has 0 radical (unpaired) electrons. The van der Waals surface area contributed by atoms with E-state index < -0.39 is 0 Å². The predicted octanol–water partition coefficient (Wildman–Crippen LogP) is 1.19. The van der Waals surface area contributed by atoms with Crippen molar-refractivity contribution >= 4 is 11.3 Å². The third-order valence-corrected chi connectivity index (χ3v) is 4.79. The summed E-state index contributed by atoms with van der Waals surface area (Å²) in [6, 6.07) is 7.96. The first-order valence-corrected chi connectivity index (χ1v) is 8.30. The highest BCUT2D eigenvalue weighted by molar-refractivity contribution is 7.13. The maximum Gasteiger partial charge on any atom is 0.191 e. The number of hydrogen-bond acceptors (Lipinski definition) is 7. The number of thiophene rings is 1. The van der Waals surface area contributed by atoms with E-state index in [1.165, 1.54) is 0 Å². The average molecular weight is 327 g/mol. The zero-order valence-corrected chi connectivity index (χ0v) is 13.1. The van der Waals surface area contributed by atoms with E-state index in [2.05, 4.69) is 36.9 Å². The third kappa shape index (κ3) is 2.89. The summed E-state index contributed by atoms with van der Waals surface area (Å²) in [6.07, 6.45) is 3.41. The van der Waals surface area contributed by atoms with E-state index >= 15 is 0 Å². The number of piperazine rings is 1. The van der Waals surface area contributed by atoms with E-state index in [1.54, 1.807) is 17.5 Å². The lowest BCUT2D eigenvalue weighted by molar-refractivity contribution is 0.267. The molecule has 23 heavy (non-hydrogen) atoms. The lowest BCUT2D eigenvalue weighted by Crippen LogP contribution is -2.56. The molecule has 7 nitrogen and oxygen atoms in total. The Hall–Kier alpha value is -2.13. The van der Waals surface area contributed by atoms with Crippen LogP contribution in [-0.4, -0.2) is 32.9 Å².